The van der Waals surface area contributed by atoms with Gasteiger partial charge in [0.05, 0.1) is 24.4 Å². The number of hydrogen-bond acceptors (Lipinski definition) is 5. The van der Waals surface area contributed by atoms with E-state index in [0.717, 1.165) is 31.5 Å². The number of rotatable bonds is 6. The third kappa shape index (κ3) is 5.52. The van der Waals surface area contributed by atoms with Crippen molar-refractivity contribution < 1.29 is 23.1 Å². The summed E-state index contributed by atoms with van der Waals surface area (Å²) in [6.45, 7) is 2.60. The molecule has 1 aliphatic heterocycles. The first kappa shape index (κ1) is 20.3. The molecule has 1 saturated heterocycles. The summed E-state index contributed by atoms with van der Waals surface area (Å²) in [6, 6.07) is 4.95. The number of likely N-dealkylation sites (tertiary alicyclic amines) is 1. The minimum absolute atomic E-state index is 0.0792. The summed E-state index contributed by atoms with van der Waals surface area (Å²) < 4.78 is 39.7. The average Bonchev–Trinajstić information content (AvgIpc) is 3.10. The van der Waals surface area contributed by atoms with Crippen LogP contribution in [0, 0.1) is 0 Å². The van der Waals surface area contributed by atoms with Crippen molar-refractivity contribution in [3.05, 3.63) is 47.3 Å². The lowest BCUT2D eigenvalue weighted by Crippen LogP contribution is -2.42. The number of aromatic nitrogens is 3. The molecule has 0 spiro atoms. The smallest absolute Gasteiger partial charge is 0.392 e. The highest BCUT2D eigenvalue weighted by Crippen LogP contribution is 2.29. The first-order valence-corrected chi connectivity index (χ1v) is 9.06. The quantitative estimate of drug-likeness (QED) is 0.773. The van der Waals surface area contributed by atoms with Crippen molar-refractivity contribution in [2.45, 2.75) is 31.7 Å². The number of aliphatic hydroxyl groups excluding tert-OH is 1. The lowest BCUT2D eigenvalue weighted by Gasteiger charge is -2.29. The van der Waals surface area contributed by atoms with Gasteiger partial charge in [0.25, 0.3) is 5.91 Å². The molecule has 1 aromatic heterocycles. The van der Waals surface area contributed by atoms with Gasteiger partial charge in [-0.2, -0.15) is 13.2 Å². The maximum absolute atomic E-state index is 12.8. The van der Waals surface area contributed by atoms with Crippen LogP contribution in [-0.2, 0) is 12.7 Å². The summed E-state index contributed by atoms with van der Waals surface area (Å²) in [5.41, 5.74) is -0.216. The highest BCUT2D eigenvalue weighted by atomic mass is 19.4. The van der Waals surface area contributed by atoms with Gasteiger partial charge in [0.2, 0.25) is 0 Å². The van der Waals surface area contributed by atoms with Crippen molar-refractivity contribution in [1.29, 1.82) is 0 Å². The molecule has 2 heterocycles. The molecule has 1 amide bonds. The molecule has 0 radical (unpaired) electrons. The molecule has 152 valence electrons. The molecule has 2 N–H and O–H groups in total. The predicted molar refractivity (Wildman–Crippen MR) is 94.6 cm³/mol. The molecule has 1 aliphatic rings. The third-order valence-corrected chi connectivity index (χ3v) is 4.56. The second-order valence-corrected chi connectivity index (χ2v) is 6.85. The number of benzene rings is 1. The van der Waals surface area contributed by atoms with E-state index in [1.54, 1.807) is 6.07 Å². The lowest BCUT2D eigenvalue weighted by molar-refractivity contribution is -0.137. The van der Waals surface area contributed by atoms with Crippen LogP contribution >= 0.6 is 0 Å². The number of aliphatic hydroxyl groups is 1. The van der Waals surface area contributed by atoms with Gasteiger partial charge in [-0.15, -0.1) is 5.10 Å². The van der Waals surface area contributed by atoms with Gasteiger partial charge < -0.3 is 10.4 Å². The van der Waals surface area contributed by atoms with E-state index in [0.29, 0.717) is 25.2 Å². The molecular weight excluding hydrogens is 375 g/mol. The number of alkyl halides is 3. The molecule has 0 bridgehead atoms. The topological polar surface area (TPSA) is 83.3 Å². The summed E-state index contributed by atoms with van der Waals surface area (Å²) in [5.74, 6) is -0.396. The maximum Gasteiger partial charge on any atom is 0.416 e. The molecule has 2 aromatic rings. The maximum atomic E-state index is 12.8. The SMILES string of the molecule is O=C(NCCN1CCC[C@H](O)C1)c1cn(Cc2cccc(C(F)(F)F)c2)nn1. The van der Waals surface area contributed by atoms with Gasteiger partial charge in [0.1, 0.15) is 0 Å². The Labute approximate surface area is 160 Å². The number of nitrogens with zero attached hydrogens (tertiary/aromatic N) is 4. The van der Waals surface area contributed by atoms with Gasteiger partial charge >= 0.3 is 6.18 Å². The highest BCUT2D eigenvalue weighted by Gasteiger charge is 2.30. The van der Waals surface area contributed by atoms with Gasteiger partial charge in [0, 0.05) is 19.6 Å². The van der Waals surface area contributed by atoms with E-state index in [1.165, 1.54) is 16.9 Å². The van der Waals surface area contributed by atoms with Crippen LogP contribution in [0.3, 0.4) is 0 Å². The van der Waals surface area contributed by atoms with E-state index >= 15 is 0 Å². The zero-order chi connectivity index (χ0) is 20.1. The van der Waals surface area contributed by atoms with Crippen LogP contribution in [0.25, 0.3) is 0 Å². The summed E-state index contributed by atoms with van der Waals surface area (Å²) >= 11 is 0. The third-order valence-electron chi connectivity index (χ3n) is 4.56. The molecular formula is C18H22F3N5O2. The van der Waals surface area contributed by atoms with Crippen LogP contribution in [0.5, 0.6) is 0 Å². The van der Waals surface area contributed by atoms with Gasteiger partial charge in [-0.25, -0.2) is 4.68 Å². The van der Waals surface area contributed by atoms with Crippen molar-refractivity contribution in [3.63, 3.8) is 0 Å². The number of β-amino-alcohol motifs (C(OH)–C–C–N with tert-alkyl or cyclic N) is 1. The Hall–Kier alpha value is -2.46. The van der Waals surface area contributed by atoms with Gasteiger partial charge in [-0.05, 0) is 37.1 Å². The molecule has 10 heteroatoms. The monoisotopic (exact) mass is 397 g/mol. The van der Waals surface area contributed by atoms with Crippen LogP contribution in [0.15, 0.2) is 30.5 Å². The first-order chi connectivity index (χ1) is 13.3. The number of carbonyl (C=O) groups is 1. The normalized spacial score (nSPS) is 18.2. The zero-order valence-electron chi connectivity index (χ0n) is 15.2. The predicted octanol–water partition coefficient (Wildman–Crippen LogP) is 1.53. The second kappa shape index (κ2) is 8.70. The Morgan fingerprint density at radius 3 is 2.93 bits per heavy atom. The van der Waals surface area contributed by atoms with Gasteiger partial charge in [-0.3, -0.25) is 9.69 Å². The van der Waals surface area contributed by atoms with E-state index in [4.69, 9.17) is 0 Å². The van der Waals surface area contributed by atoms with E-state index in [9.17, 15) is 23.1 Å². The number of hydrogen-bond donors (Lipinski definition) is 2. The number of nitrogens with one attached hydrogen (secondary N) is 1. The Bertz CT molecular complexity index is 809. The number of piperidine rings is 1. The number of amides is 1. The lowest BCUT2D eigenvalue weighted by atomic mass is 10.1. The average molecular weight is 397 g/mol. The van der Waals surface area contributed by atoms with Gasteiger partial charge in [0.15, 0.2) is 5.69 Å². The molecule has 7 nitrogen and oxygen atoms in total. The van der Waals surface area contributed by atoms with Crippen molar-refractivity contribution in [3.8, 4) is 0 Å². The first-order valence-electron chi connectivity index (χ1n) is 9.06. The van der Waals surface area contributed by atoms with Crippen molar-refractivity contribution in [2.75, 3.05) is 26.2 Å². The standard InChI is InChI=1S/C18H22F3N5O2/c19-18(20,21)14-4-1-3-13(9-14)10-26-12-16(23-24-26)17(28)22-6-8-25-7-2-5-15(27)11-25/h1,3-4,9,12,15,27H,2,5-8,10-11H2,(H,22,28)/t15-/m0/s1. The molecule has 28 heavy (non-hydrogen) atoms. The minimum Gasteiger partial charge on any atom is -0.392 e. The van der Waals surface area contributed by atoms with Crippen LogP contribution in [0.4, 0.5) is 13.2 Å². The zero-order valence-corrected chi connectivity index (χ0v) is 15.2. The van der Waals surface area contributed by atoms with Crippen molar-refractivity contribution >= 4 is 5.91 Å². The molecule has 0 saturated carbocycles. The summed E-state index contributed by atoms with van der Waals surface area (Å²) in [6.07, 6.45) is -1.59. The molecule has 1 aromatic carbocycles. The van der Waals surface area contributed by atoms with Crippen LogP contribution in [-0.4, -0.2) is 63.2 Å². The van der Waals surface area contributed by atoms with E-state index in [1.807, 2.05) is 0 Å². The fraction of sp³-hybridized carbons (Fsp3) is 0.500. The largest absolute Gasteiger partial charge is 0.416 e. The minimum atomic E-state index is -4.41. The highest BCUT2D eigenvalue weighted by molar-refractivity contribution is 5.91. The summed E-state index contributed by atoms with van der Waals surface area (Å²) in [5, 5.41) is 20.0. The van der Waals surface area contributed by atoms with Crippen molar-refractivity contribution in [1.82, 2.24) is 25.2 Å². The Morgan fingerprint density at radius 2 is 2.18 bits per heavy atom. The Kier molecular flexibility index (Phi) is 6.30. The fourth-order valence-corrected chi connectivity index (χ4v) is 3.17. The Morgan fingerprint density at radius 1 is 1.36 bits per heavy atom. The van der Waals surface area contributed by atoms with Crippen LogP contribution < -0.4 is 5.32 Å². The molecule has 3 rings (SSSR count). The summed E-state index contributed by atoms with van der Waals surface area (Å²) in [7, 11) is 0. The van der Waals surface area contributed by atoms with Gasteiger partial charge in [-0.1, -0.05) is 17.3 Å². The van der Waals surface area contributed by atoms with E-state index in [-0.39, 0.29) is 18.3 Å². The Balaban J connectivity index is 1.51. The molecule has 1 fully saturated rings. The fourth-order valence-electron chi connectivity index (χ4n) is 3.17. The van der Waals surface area contributed by atoms with E-state index in [2.05, 4.69) is 20.5 Å². The second-order valence-electron chi connectivity index (χ2n) is 6.85. The van der Waals surface area contributed by atoms with Crippen LogP contribution in [0.1, 0.15) is 34.5 Å². The molecule has 1 atom stereocenters. The number of halogens is 3. The summed E-state index contributed by atoms with van der Waals surface area (Å²) in [4.78, 5) is 14.2. The van der Waals surface area contributed by atoms with Crippen molar-refractivity contribution in [2.24, 2.45) is 0 Å². The molecule has 0 aliphatic carbocycles. The number of carbonyl (C=O) groups excluding carboxylic acids is 1. The van der Waals surface area contributed by atoms with Crippen LogP contribution in [0.2, 0.25) is 0 Å². The van der Waals surface area contributed by atoms with E-state index < -0.39 is 17.6 Å². The molecule has 0 unspecified atom stereocenters.